The molecular weight excluding hydrogens is 160 g/mol. The number of carbonyl (C=O) groups excluding carboxylic acids is 1. The van der Waals surface area contributed by atoms with Gasteiger partial charge >= 0.3 is 0 Å². The molecule has 0 aliphatic heterocycles. The molecule has 0 N–H and O–H groups in total. The van der Waals surface area contributed by atoms with E-state index in [1.54, 1.807) is 0 Å². The molecular formula is C12H18O. The third-order valence-electron chi connectivity index (χ3n) is 5.27. The second-order valence-corrected chi connectivity index (χ2v) is 5.38. The summed E-state index contributed by atoms with van der Waals surface area (Å²) in [5.41, 5.74) is 0.509. The third kappa shape index (κ3) is 0.769. The van der Waals surface area contributed by atoms with Gasteiger partial charge in [-0.15, -0.1) is 0 Å². The summed E-state index contributed by atoms with van der Waals surface area (Å²) in [6.07, 6.45) is 7.46. The van der Waals surface area contributed by atoms with E-state index in [1.807, 2.05) is 0 Å². The van der Waals surface area contributed by atoms with Crippen LogP contribution < -0.4 is 0 Å². The molecule has 1 spiro atoms. The van der Waals surface area contributed by atoms with E-state index in [2.05, 4.69) is 6.92 Å². The summed E-state index contributed by atoms with van der Waals surface area (Å²) in [4.78, 5) is 11.7. The van der Waals surface area contributed by atoms with E-state index in [-0.39, 0.29) is 0 Å². The second-order valence-electron chi connectivity index (χ2n) is 5.38. The van der Waals surface area contributed by atoms with Crippen LogP contribution in [-0.4, -0.2) is 5.78 Å². The maximum absolute atomic E-state index is 11.7. The van der Waals surface area contributed by atoms with Crippen LogP contribution in [0.4, 0.5) is 0 Å². The molecule has 0 bridgehead atoms. The molecule has 0 amide bonds. The number of hydrogen-bond donors (Lipinski definition) is 0. The molecule has 0 radical (unpaired) electrons. The van der Waals surface area contributed by atoms with Gasteiger partial charge in [-0.05, 0) is 49.4 Å². The molecule has 0 aromatic carbocycles. The number of rotatable bonds is 0. The maximum Gasteiger partial charge on any atom is 0.136 e. The Kier molecular flexibility index (Phi) is 1.46. The van der Waals surface area contributed by atoms with Gasteiger partial charge in [0.15, 0.2) is 0 Å². The summed E-state index contributed by atoms with van der Waals surface area (Å²) >= 11 is 0. The molecule has 1 nitrogen and oxygen atoms in total. The van der Waals surface area contributed by atoms with E-state index >= 15 is 0 Å². The average Bonchev–Trinajstić information content (AvgIpc) is 2.38. The van der Waals surface area contributed by atoms with Gasteiger partial charge in [-0.2, -0.15) is 0 Å². The fourth-order valence-electron chi connectivity index (χ4n) is 4.46. The van der Waals surface area contributed by atoms with Crippen molar-refractivity contribution in [2.75, 3.05) is 0 Å². The van der Waals surface area contributed by atoms with E-state index in [0.29, 0.717) is 17.1 Å². The molecule has 3 aliphatic carbocycles. The Morgan fingerprint density at radius 2 is 2.08 bits per heavy atom. The summed E-state index contributed by atoms with van der Waals surface area (Å²) in [7, 11) is 0. The van der Waals surface area contributed by atoms with E-state index in [0.717, 1.165) is 18.3 Å². The highest BCUT2D eigenvalue weighted by atomic mass is 16.1. The van der Waals surface area contributed by atoms with Crippen LogP contribution in [0.25, 0.3) is 0 Å². The van der Waals surface area contributed by atoms with Crippen LogP contribution in [0.1, 0.15) is 45.4 Å². The fourth-order valence-corrected chi connectivity index (χ4v) is 4.46. The van der Waals surface area contributed by atoms with Crippen LogP contribution in [0.2, 0.25) is 0 Å². The topological polar surface area (TPSA) is 17.1 Å². The molecule has 13 heavy (non-hydrogen) atoms. The fraction of sp³-hybridized carbons (Fsp3) is 0.917. The lowest BCUT2D eigenvalue weighted by molar-refractivity contribution is -0.148. The van der Waals surface area contributed by atoms with Gasteiger partial charge in [0, 0.05) is 12.3 Å². The molecule has 1 unspecified atom stereocenters. The zero-order valence-electron chi connectivity index (χ0n) is 8.38. The van der Waals surface area contributed by atoms with Crippen LogP contribution in [-0.2, 0) is 4.79 Å². The number of Topliss-reactive ketones (excluding diaryl/α,β-unsaturated/α-hetero) is 1. The van der Waals surface area contributed by atoms with Crippen molar-refractivity contribution in [1.29, 1.82) is 0 Å². The summed E-state index contributed by atoms with van der Waals surface area (Å²) in [5, 5.41) is 0. The molecule has 3 fully saturated rings. The monoisotopic (exact) mass is 178 g/mol. The quantitative estimate of drug-likeness (QED) is 0.557. The zero-order chi connectivity index (χ0) is 9.05. The molecule has 0 aromatic heterocycles. The van der Waals surface area contributed by atoms with E-state index in [9.17, 15) is 4.79 Å². The Morgan fingerprint density at radius 1 is 1.23 bits per heavy atom. The van der Waals surface area contributed by atoms with Crippen LogP contribution in [0.5, 0.6) is 0 Å². The van der Waals surface area contributed by atoms with Crippen molar-refractivity contribution in [2.45, 2.75) is 45.4 Å². The minimum absolute atomic E-state index is 0.490. The smallest absolute Gasteiger partial charge is 0.136 e. The van der Waals surface area contributed by atoms with Crippen molar-refractivity contribution < 1.29 is 4.79 Å². The molecule has 3 aliphatic rings. The molecule has 0 saturated heterocycles. The van der Waals surface area contributed by atoms with E-state index in [4.69, 9.17) is 0 Å². The Labute approximate surface area is 79.9 Å². The lowest BCUT2D eigenvalue weighted by atomic mass is 9.47. The van der Waals surface area contributed by atoms with Crippen molar-refractivity contribution in [3.8, 4) is 0 Å². The molecule has 0 aromatic rings. The Hall–Kier alpha value is -0.330. The first-order valence-electron chi connectivity index (χ1n) is 5.78. The van der Waals surface area contributed by atoms with Crippen molar-refractivity contribution in [3.05, 3.63) is 0 Å². The Morgan fingerprint density at radius 3 is 2.77 bits per heavy atom. The molecule has 1 heteroatoms. The van der Waals surface area contributed by atoms with Crippen LogP contribution in [0, 0.1) is 23.2 Å². The number of hydrogen-bond acceptors (Lipinski definition) is 1. The van der Waals surface area contributed by atoms with Gasteiger partial charge in [0.05, 0.1) is 0 Å². The minimum Gasteiger partial charge on any atom is -0.299 e. The maximum atomic E-state index is 11.7. The Bertz CT molecular complexity index is 258. The molecule has 0 heterocycles. The minimum atomic E-state index is 0.490. The summed E-state index contributed by atoms with van der Waals surface area (Å²) < 4.78 is 0. The van der Waals surface area contributed by atoms with Crippen LogP contribution >= 0.6 is 0 Å². The molecule has 4 atom stereocenters. The highest BCUT2D eigenvalue weighted by Gasteiger charge is 2.61. The van der Waals surface area contributed by atoms with E-state index in [1.165, 1.54) is 32.1 Å². The normalized spacial score (nSPS) is 53.9. The van der Waals surface area contributed by atoms with Gasteiger partial charge in [0.25, 0.3) is 0 Å². The van der Waals surface area contributed by atoms with Gasteiger partial charge in [-0.3, -0.25) is 4.79 Å². The first-order valence-corrected chi connectivity index (χ1v) is 5.78. The highest BCUT2D eigenvalue weighted by molar-refractivity contribution is 5.84. The first kappa shape index (κ1) is 8.02. The lowest BCUT2D eigenvalue weighted by Crippen LogP contribution is -2.53. The van der Waals surface area contributed by atoms with Crippen molar-refractivity contribution in [2.24, 2.45) is 23.2 Å². The predicted octanol–water partition coefficient (Wildman–Crippen LogP) is 2.79. The summed E-state index contributed by atoms with van der Waals surface area (Å²) in [6.45, 7) is 2.38. The SMILES string of the molecule is C[C@H]1CC[C@H]2CCC(=O)[C@@H]3CCC213. The van der Waals surface area contributed by atoms with Gasteiger partial charge in [0.2, 0.25) is 0 Å². The van der Waals surface area contributed by atoms with Gasteiger partial charge in [0.1, 0.15) is 5.78 Å². The van der Waals surface area contributed by atoms with Crippen LogP contribution in [0.15, 0.2) is 0 Å². The summed E-state index contributed by atoms with van der Waals surface area (Å²) in [5.74, 6) is 2.83. The van der Waals surface area contributed by atoms with Gasteiger partial charge < -0.3 is 0 Å². The average molecular weight is 178 g/mol. The van der Waals surface area contributed by atoms with Crippen molar-refractivity contribution >= 4 is 5.78 Å². The van der Waals surface area contributed by atoms with Gasteiger partial charge in [-0.25, -0.2) is 0 Å². The third-order valence-corrected chi connectivity index (χ3v) is 5.27. The first-order chi connectivity index (χ1) is 6.25. The van der Waals surface area contributed by atoms with Crippen molar-refractivity contribution in [3.63, 3.8) is 0 Å². The molecule has 72 valence electrons. The van der Waals surface area contributed by atoms with Crippen LogP contribution in [0.3, 0.4) is 0 Å². The lowest BCUT2D eigenvalue weighted by Gasteiger charge is -2.56. The van der Waals surface area contributed by atoms with E-state index < -0.39 is 0 Å². The van der Waals surface area contributed by atoms with Gasteiger partial charge in [-0.1, -0.05) is 6.92 Å². The molecule has 3 rings (SSSR count). The highest BCUT2D eigenvalue weighted by Crippen LogP contribution is 2.66. The zero-order valence-corrected chi connectivity index (χ0v) is 8.38. The summed E-state index contributed by atoms with van der Waals surface area (Å²) in [6, 6.07) is 0. The number of carbonyl (C=O) groups is 1. The van der Waals surface area contributed by atoms with Crippen molar-refractivity contribution in [1.82, 2.24) is 0 Å². The number of ketones is 1. The molecule has 3 saturated carbocycles. The largest absolute Gasteiger partial charge is 0.299 e. The Balaban J connectivity index is 1.98. The standard InChI is InChI=1S/C12H18O/c1-8-2-3-9-4-5-11(13)10-6-7-12(8,9)10/h8-10H,2-7H2,1H3/t8-,9-,10-,12?/m0/s1. The predicted molar refractivity (Wildman–Crippen MR) is 51.3 cm³/mol. The second kappa shape index (κ2) is 2.37.